The van der Waals surface area contributed by atoms with Crippen molar-refractivity contribution in [3.63, 3.8) is 0 Å². The predicted octanol–water partition coefficient (Wildman–Crippen LogP) is 3.38. The zero-order chi connectivity index (χ0) is 15.2. The molecule has 0 aliphatic heterocycles. The van der Waals surface area contributed by atoms with Crippen LogP contribution in [0.4, 0.5) is 4.39 Å². The number of hydrazine groups is 1. The maximum absolute atomic E-state index is 13.6. The van der Waals surface area contributed by atoms with Gasteiger partial charge in [-0.25, -0.2) is 4.39 Å². The lowest BCUT2D eigenvalue weighted by Crippen LogP contribution is -2.31. The van der Waals surface area contributed by atoms with Crippen LogP contribution >= 0.6 is 23.4 Å². The first-order valence-corrected chi connectivity index (χ1v) is 8.08. The van der Waals surface area contributed by atoms with E-state index in [2.05, 4.69) is 17.4 Å². The van der Waals surface area contributed by atoms with Gasteiger partial charge in [-0.3, -0.25) is 16.0 Å². The molecule has 21 heavy (non-hydrogen) atoms. The Morgan fingerprint density at radius 3 is 2.90 bits per heavy atom. The average molecular weight is 329 g/mol. The number of hydrogen-bond donors (Lipinski definition) is 2. The zero-order valence-electron chi connectivity index (χ0n) is 11.7. The Kier molecular flexibility index (Phi) is 6.05. The Morgan fingerprint density at radius 2 is 2.24 bits per heavy atom. The topological polar surface area (TPSA) is 55.9 Å². The van der Waals surface area contributed by atoms with Crippen LogP contribution in [0.5, 0.6) is 0 Å². The third-order valence-corrected chi connectivity index (χ3v) is 4.48. The lowest BCUT2D eigenvalue weighted by atomic mass is 10.2. The van der Waals surface area contributed by atoms with E-state index in [1.807, 2.05) is 10.7 Å². The summed E-state index contributed by atoms with van der Waals surface area (Å²) < 4.78 is 15.5. The number of thioether (sulfide) groups is 1. The molecule has 0 saturated carbocycles. The van der Waals surface area contributed by atoms with Gasteiger partial charge in [0.25, 0.3) is 0 Å². The standard InChI is InChI=1S/C14H18ClFN4S/c1-2-7-20-14(10(15)8-18-20)12(19-17)9-21-13-6-4-3-5-11(13)16/h3-6,8,12,19H,2,7,9,17H2,1H3. The van der Waals surface area contributed by atoms with Crippen molar-refractivity contribution in [1.82, 2.24) is 15.2 Å². The molecule has 3 N–H and O–H groups in total. The lowest BCUT2D eigenvalue weighted by Gasteiger charge is -2.18. The molecule has 0 spiro atoms. The van der Waals surface area contributed by atoms with Crippen molar-refractivity contribution in [2.24, 2.45) is 5.84 Å². The number of aromatic nitrogens is 2. The van der Waals surface area contributed by atoms with E-state index in [1.165, 1.54) is 17.8 Å². The second kappa shape index (κ2) is 7.79. The molecule has 2 rings (SSSR count). The molecule has 1 aromatic carbocycles. The molecular formula is C14H18ClFN4S. The van der Waals surface area contributed by atoms with E-state index in [1.54, 1.807) is 18.3 Å². The third kappa shape index (κ3) is 3.97. The van der Waals surface area contributed by atoms with Crippen LogP contribution in [-0.2, 0) is 6.54 Å². The minimum atomic E-state index is -0.230. The van der Waals surface area contributed by atoms with Crippen LogP contribution < -0.4 is 11.3 Å². The summed E-state index contributed by atoms with van der Waals surface area (Å²) in [5.41, 5.74) is 3.58. The molecule has 7 heteroatoms. The number of rotatable bonds is 7. The molecule has 0 fully saturated rings. The number of nitrogens with zero attached hydrogens (tertiary/aromatic N) is 2. The van der Waals surface area contributed by atoms with Crippen molar-refractivity contribution < 1.29 is 4.39 Å². The molecule has 2 aromatic rings. The molecular weight excluding hydrogens is 311 g/mol. The molecule has 1 unspecified atom stereocenters. The first-order chi connectivity index (χ1) is 10.2. The van der Waals surface area contributed by atoms with Crippen LogP contribution in [0.15, 0.2) is 35.4 Å². The monoisotopic (exact) mass is 328 g/mol. The van der Waals surface area contributed by atoms with Crippen LogP contribution in [-0.4, -0.2) is 15.5 Å². The maximum Gasteiger partial charge on any atom is 0.136 e. The number of hydrogen-bond acceptors (Lipinski definition) is 4. The van der Waals surface area contributed by atoms with Gasteiger partial charge in [-0.05, 0) is 18.6 Å². The molecule has 1 atom stereocenters. The highest BCUT2D eigenvalue weighted by atomic mass is 35.5. The molecule has 0 aliphatic rings. The van der Waals surface area contributed by atoms with Crippen LogP contribution in [0.25, 0.3) is 0 Å². The van der Waals surface area contributed by atoms with E-state index in [4.69, 9.17) is 17.4 Å². The third-order valence-electron chi connectivity index (χ3n) is 3.04. The number of benzene rings is 1. The van der Waals surface area contributed by atoms with Gasteiger partial charge in [0.2, 0.25) is 0 Å². The van der Waals surface area contributed by atoms with E-state index in [0.717, 1.165) is 18.7 Å². The Morgan fingerprint density at radius 1 is 1.48 bits per heavy atom. The Bertz CT molecular complexity index is 590. The van der Waals surface area contributed by atoms with Gasteiger partial charge in [0.15, 0.2) is 0 Å². The lowest BCUT2D eigenvalue weighted by molar-refractivity contribution is 0.508. The second-order valence-corrected chi connectivity index (χ2v) is 6.03. The predicted molar refractivity (Wildman–Crippen MR) is 84.7 cm³/mol. The average Bonchev–Trinajstić information content (AvgIpc) is 2.84. The number of halogens is 2. The van der Waals surface area contributed by atoms with Crippen molar-refractivity contribution in [2.75, 3.05) is 5.75 Å². The zero-order valence-corrected chi connectivity index (χ0v) is 13.3. The summed E-state index contributed by atoms with van der Waals surface area (Å²) in [7, 11) is 0. The van der Waals surface area contributed by atoms with Gasteiger partial charge < -0.3 is 0 Å². The van der Waals surface area contributed by atoms with E-state index < -0.39 is 0 Å². The summed E-state index contributed by atoms with van der Waals surface area (Å²) in [5.74, 6) is 5.98. The number of nitrogens with two attached hydrogens (primary N) is 1. The summed E-state index contributed by atoms with van der Waals surface area (Å²) in [6.45, 7) is 2.84. The first kappa shape index (κ1) is 16.3. The SMILES string of the molecule is CCCn1ncc(Cl)c1C(CSc1ccccc1F)NN. The summed E-state index contributed by atoms with van der Waals surface area (Å²) in [6, 6.07) is 6.48. The summed E-state index contributed by atoms with van der Waals surface area (Å²) in [6.07, 6.45) is 2.56. The second-order valence-electron chi connectivity index (χ2n) is 4.56. The maximum atomic E-state index is 13.6. The highest BCUT2D eigenvalue weighted by Crippen LogP contribution is 2.29. The number of nitrogens with one attached hydrogen (secondary N) is 1. The summed E-state index contributed by atoms with van der Waals surface area (Å²) in [5, 5.41) is 4.82. The molecule has 0 aliphatic carbocycles. The quantitative estimate of drug-likeness (QED) is 0.465. The normalized spacial score (nSPS) is 12.6. The van der Waals surface area contributed by atoms with E-state index in [-0.39, 0.29) is 11.9 Å². The van der Waals surface area contributed by atoms with Crippen molar-refractivity contribution in [1.29, 1.82) is 0 Å². The van der Waals surface area contributed by atoms with E-state index >= 15 is 0 Å². The van der Waals surface area contributed by atoms with Gasteiger partial charge in [-0.15, -0.1) is 11.8 Å². The number of aryl methyl sites for hydroxylation is 1. The van der Waals surface area contributed by atoms with Crippen LogP contribution in [0.1, 0.15) is 25.1 Å². The molecule has 0 amide bonds. The van der Waals surface area contributed by atoms with Crippen molar-refractivity contribution >= 4 is 23.4 Å². The Hall–Kier alpha value is -1.08. The molecule has 0 bridgehead atoms. The van der Waals surface area contributed by atoms with Gasteiger partial charge in [-0.2, -0.15) is 5.10 Å². The molecule has 0 radical (unpaired) electrons. The highest BCUT2D eigenvalue weighted by Gasteiger charge is 2.20. The fourth-order valence-corrected chi connectivity index (χ4v) is 3.30. The van der Waals surface area contributed by atoms with Crippen LogP contribution in [0.3, 0.4) is 0 Å². The molecule has 0 saturated heterocycles. The Labute approximate surface area is 132 Å². The van der Waals surface area contributed by atoms with Gasteiger partial charge >= 0.3 is 0 Å². The van der Waals surface area contributed by atoms with Gasteiger partial charge in [-0.1, -0.05) is 30.7 Å². The Balaban J connectivity index is 2.13. The molecule has 1 aromatic heterocycles. The highest BCUT2D eigenvalue weighted by molar-refractivity contribution is 7.99. The first-order valence-electron chi connectivity index (χ1n) is 6.72. The fourth-order valence-electron chi connectivity index (χ4n) is 2.05. The molecule has 4 nitrogen and oxygen atoms in total. The van der Waals surface area contributed by atoms with E-state index in [0.29, 0.717) is 15.7 Å². The van der Waals surface area contributed by atoms with Crippen LogP contribution in [0.2, 0.25) is 5.02 Å². The molecule has 114 valence electrons. The molecule has 1 heterocycles. The van der Waals surface area contributed by atoms with Crippen molar-refractivity contribution in [3.8, 4) is 0 Å². The summed E-state index contributed by atoms with van der Waals surface area (Å²) in [4.78, 5) is 0.593. The fraction of sp³-hybridized carbons (Fsp3) is 0.357. The van der Waals surface area contributed by atoms with Gasteiger partial charge in [0.1, 0.15) is 5.82 Å². The summed E-state index contributed by atoms with van der Waals surface area (Å²) >= 11 is 7.60. The van der Waals surface area contributed by atoms with E-state index in [9.17, 15) is 4.39 Å². The van der Waals surface area contributed by atoms with Crippen molar-refractivity contribution in [3.05, 3.63) is 47.0 Å². The van der Waals surface area contributed by atoms with Gasteiger partial charge in [0.05, 0.1) is 23.0 Å². The smallest absolute Gasteiger partial charge is 0.136 e. The largest absolute Gasteiger partial charge is 0.271 e. The van der Waals surface area contributed by atoms with Gasteiger partial charge in [0, 0.05) is 17.2 Å². The van der Waals surface area contributed by atoms with Crippen LogP contribution in [0, 0.1) is 5.82 Å². The van der Waals surface area contributed by atoms with Crippen molar-refractivity contribution in [2.45, 2.75) is 30.8 Å². The minimum Gasteiger partial charge on any atom is -0.271 e. The minimum absolute atomic E-state index is 0.198.